The Bertz CT molecular complexity index is 1930. The van der Waals surface area contributed by atoms with Crippen molar-refractivity contribution in [2.75, 3.05) is 47.5 Å². The van der Waals surface area contributed by atoms with Gasteiger partial charge in [-0.25, -0.2) is 4.57 Å². The summed E-state index contributed by atoms with van der Waals surface area (Å²) in [4.78, 5) is 36.0. The average molecular weight is 1390 g/mol. The van der Waals surface area contributed by atoms with E-state index in [1.807, 2.05) is 21.1 Å². The summed E-state index contributed by atoms with van der Waals surface area (Å²) in [5, 5.41) is 0. The highest BCUT2D eigenvalue weighted by molar-refractivity contribution is 7.47. The molecule has 0 aliphatic carbocycles. The Kier molecular flexibility index (Phi) is 76.1. The molecule has 10 heteroatoms. The van der Waals surface area contributed by atoms with E-state index < -0.39 is 26.5 Å². The molecule has 0 rings (SSSR count). The van der Waals surface area contributed by atoms with Gasteiger partial charge in [-0.15, -0.1) is 0 Å². The normalized spacial score (nSPS) is 13.4. The van der Waals surface area contributed by atoms with Crippen molar-refractivity contribution in [2.24, 2.45) is 0 Å². The largest absolute Gasteiger partial charge is 0.472 e. The minimum Gasteiger partial charge on any atom is -0.462 e. The van der Waals surface area contributed by atoms with Crippen LogP contribution in [0.25, 0.3) is 0 Å². The van der Waals surface area contributed by atoms with Crippen LogP contribution < -0.4 is 0 Å². The molecule has 1 N–H and O–H groups in total. The van der Waals surface area contributed by atoms with E-state index in [0.717, 1.165) is 70.6 Å². The predicted octanol–water partition coefficient (Wildman–Crippen LogP) is 28.4. The van der Waals surface area contributed by atoms with Crippen molar-refractivity contribution in [1.82, 2.24) is 0 Å². The van der Waals surface area contributed by atoms with Crippen molar-refractivity contribution in [2.45, 2.75) is 418 Å². The highest BCUT2D eigenvalue weighted by atomic mass is 31.2. The predicted molar refractivity (Wildman–Crippen MR) is 427 cm³/mol. The quantitative estimate of drug-likeness (QED) is 0.0211. The summed E-state index contributed by atoms with van der Waals surface area (Å²) in [6.45, 7) is 4.37. The lowest BCUT2D eigenvalue weighted by Crippen LogP contribution is -2.37. The molecule has 0 fully saturated rings. The monoisotopic (exact) mass is 1390 g/mol. The van der Waals surface area contributed by atoms with Gasteiger partial charge in [-0.2, -0.15) is 0 Å². The smallest absolute Gasteiger partial charge is 0.462 e. The third-order valence-electron chi connectivity index (χ3n) is 18.9. The summed E-state index contributed by atoms with van der Waals surface area (Å²) in [7, 11) is 1.50. The number of allylic oxidation sites excluding steroid dienone is 14. The number of hydrogen-bond donors (Lipinski definition) is 1. The zero-order valence-electron chi connectivity index (χ0n) is 65.5. The van der Waals surface area contributed by atoms with Crippen molar-refractivity contribution in [3.05, 3.63) is 85.1 Å². The van der Waals surface area contributed by atoms with Crippen LogP contribution in [0.1, 0.15) is 412 Å². The molecule has 0 spiro atoms. The minimum absolute atomic E-state index is 0.0330. The van der Waals surface area contributed by atoms with Crippen LogP contribution in [0.4, 0.5) is 0 Å². The Morgan fingerprint density at radius 1 is 0.327 bits per heavy atom. The summed E-state index contributed by atoms with van der Waals surface area (Å²) in [5.74, 6) is -0.775. The Balaban J connectivity index is 3.88. The van der Waals surface area contributed by atoms with Gasteiger partial charge in [0.2, 0.25) is 0 Å². The Labute approximate surface area is 609 Å². The number of phosphoric acid groups is 1. The Morgan fingerprint density at radius 2 is 0.582 bits per heavy atom. The van der Waals surface area contributed by atoms with Crippen LogP contribution in [0, 0.1) is 0 Å². The number of carbonyl (C=O) groups excluding carboxylic acids is 2. The maximum absolute atomic E-state index is 12.9. The maximum Gasteiger partial charge on any atom is 0.472 e. The minimum atomic E-state index is -4.40. The van der Waals surface area contributed by atoms with Gasteiger partial charge in [-0.1, -0.05) is 394 Å². The van der Waals surface area contributed by atoms with E-state index in [0.29, 0.717) is 23.9 Å². The van der Waals surface area contributed by atoms with E-state index in [1.165, 1.54) is 308 Å². The van der Waals surface area contributed by atoms with Gasteiger partial charge < -0.3 is 18.9 Å². The van der Waals surface area contributed by atoms with Crippen LogP contribution in [-0.2, 0) is 32.7 Å². The first-order valence-electron chi connectivity index (χ1n) is 42.3. The third-order valence-corrected chi connectivity index (χ3v) is 19.9. The SMILES string of the molecule is CC/C=C\C/C=C\C/C=C\C/C=C\CCCCCCCCCCCCCCCCCCCCCCC(=O)OC(COC(=O)CCCCCCCCCCCCCCCCCCCCCCCCCCCC/C=C\C/C=C\C/C=C\CCCCCCC)COP(=O)(O)OCC[N+](C)(C)C. The number of esters is 2. The molecule has 0 bridgehead atoms. The first kappa shape index (κ1) is 95.2. The number of carbonyl (C=O) groups is 2. The standard InChI is InChI=1S/C88H162NO8P/c1-6-8-10-12-14-16-18-20-22-24-26-28-30-32-34-36-38-40-41-42-43-44-45-46-47-49-50-52-54-56-58-60-62-64-66-68-70-72-74-76-78-80-87(90)94-84-86(85-96-98(92,93)95-83-82-89(3,4)5)97-88(91)81-79-77-75-73-71-69-67-65-63-61-59-57-55-53-51-48-39-37-35-33-31-29-27-25-23-21-19-17-15-13-11-9-7-2/h9,11,15,17-18,20-21,23-24,26-27,29-30,32,86H,6-8,10,12-14,16,19,22,25,28,31,33-85H2,1-5H3/p+1/b11-9-,17-15-,20-18-,23-21-,26-24-,29-27-,32-30-. The molecule has 572 valence electrons. The first-order chi connectivity index (χ1) is 48.0. The lowest BCUT2D eigenvalue weighted by Gasteiger charge is -2.24. The molecule has 0 heterocycles. The number of rotatable bonds is 79. The third kappa shape index (κ3) is 82.1. The first-order valence-corrected chi connectivity index (χ1v) is 43.8. The van der Waals surface area contributed by atoms with E-state index in [2.05, 4.69) is 98.9 Å². The highest BCUT2D eigenvalue weighted by Gasteiger charge is 2.27. The zero-order chi connectivity index (χ0) is 71.1. The van der Waals surface area contributed by atoms with E-state index in [1.54, 1.807) is 0 Å². The van der Waals surface area contributed by atoms with Crippen molar-refractivity contribution < 1.29 is 42.1 Å². The van der Waals surface area contributed by atoms with Gasteiger partial charge in [-0.3, -0.25) is 18.6 Å². The Hall–Kier alpha value is -2.81. The van der Waals surface area contributed by atoms with Gasteiger partial charge in [-0.05, 0) is 89.9 Å². The van der Waals surface area contributed by atoms with Crippen LogP contribution in [0.3, 0.4) is 0 Å². The summed E-state index contributed by atoms with van der Waals surface area (Å²) in [6, 6.07) is 0. The average Bonchev–Trinajstić information content (AvgIpc) is 1.08. The molecule has 0 radical (unpaired) electrons. The van der Waals surface area contributed by atoms with Gasteiger partial charge >= 0.3 is 19.8 Å². The van der Waals surface area contributed by atoms with E-state index >= 15 is 0 Å². The summed E-state index contributed by atoms with van der Waals surface area (Å²) in [6.07, 6.45) is 109. The fourth-order valence-electron chi connectivity index (χ4n) is 12.5. The zero-order valence-corrected chi connectivity index (χ0v) is 66.4. The fraction of sp³-hybridized carbons (Fsp3) is 0.818. The Morgan fingerprint density at radius 3 is 0.867 bits per heavy atom. The van der Waals surface area contributed by atoms with Gasteiger partial charge in [0.1, 0.15) is 19.8 Å². The number of unbranched alkanes of at least 4 members (excludes halogenated alkanes) is 51. The molecule has 0 aliphatic rings. The van der Waals surface area contributed by atoms with E-state index in [4.69, 9.17) is 18.5 Å². The van der Waals surface area contributed by atoms with Gasteiger partial charge in [0.05, 0.1) is 27.7 Å². The molecule has 0 aromatic heterocycles. The molecular formula is C88H163NO8P+. The molecule has 2 unspecified atom stereocenters. The lowest BCUT2D eigenvalue weighted by molar-refractivity contribution is -0.870. The van der Waals surface area contributed by atoms with Crippen molar-refractivity contribution >= 4 is 19.8 Å². The van der Waals surface area contributed by atoms with Crippen LogP contribution >= 0.6 is 7.82 Å². The number of ether oxygens (including phenoxy) is 2. The van der Waals surface area contributed by atoms with Crippen LogP contribution in [0.5, 0.6) is 0 Å². The van der Waals surface area contributed by atoms with Gasteiger partial charge in [0, 0.05) is 12.8 Å². The number of phosphoric ester groups is 1. The summed E-state index contributed by atoms with van der Waals surface area (Å²) in [5.41, 5.74) is 0. The van der Waals surface area contributed by atoms with Crippen molar-refractivity contribution in [3.8, 4) is 0 Å². The maximum atomic E-state index is 12.9. The topological polar surface area (TPSA) is 108 Å². The summed E-state index contributed by atoms with van der Waals surface area (Å²) < 4.78 is 34.9. The molecular weight excluding hydrogens is 1230 g/mol. The van der Waals surface area contributed by atoms with Gasteiger partial charge in [0.25, 0.3) is 0 Å². The molecule has 0 amide bonds. The molecule has 2 atom stereocenters. The second kappa shape index (κ2) is 78.3. The fourth-order valence-corrected chi connectivity index (χ4v) is 13.2. The lowest BCUT2D eigenvalue weighted by atomic mass is 10.0. The second-order valence-corrected chi connectivity index (χ2v) is 31.3. The number of nitrogens with zero attached hydrogens (tertiary/aromatic N) is 1. The van der Waals surface area contributed by atoms with Crippen molar-refractivity contribution in [3.63, 3.8) is 0 Å². The van der Waals surface area contributed by atoms with Crippen LogP contribution in [0.2, 0.25) is 0 Å². The number of hydrogen-bond acceptors (Lipinski definition) is 7. The molecule has 98 heavy (non-hydrogen) atoms. The summed E-state index contributed by atoms with van der Waals surface area (Å²) >= 11 is 0. The second-order valence-electron chi connectivity index (χ2n) is 29.8. The van der Waals surface area contributed by atoms with E-state index in [-0.39, 0.29) is 25.6 Å². The molecule has 0 saturated heterocycles. The number of quaternary nitrogens is 1. The molecule has 0 saturated carbocycles. The molecule has 0 aromatic rings. The van der Waals surface area contributed by atoms with E-state index in [9.17, 15) is 19.0 Å². The molecule has 0 aromatic carbocycles. The van der Waals surface area contributed by atoms with Crippen molar-refractivity contribution in [1.29, 1.82) is 0 Å². The van der Waals surface area contributed by atoms with Crippen LogP contribution in [-0.4, -0.2) is 74.9 Å². The van der Waals surface area contributed by atoms with Crippen LogP contribution in [0.15, 0.2) is 85.1 Å². The van der Waals surface area contributed by atoms with Gasteiger partial charge in [0.15, 0.2) is 6.10 Å². The molecule has 0 aliphatic heterocycles. The number of likely N-dealkylation sites (N-methyl/N-ethyl adjacent to an activating group) is 1. The molecule has 9 nitrogen and oxygen atoms in total. The highest BCUT2D eigenvalue weighted by Crippen LogP contribution is 2.43.